The van der Waals surface area contributed by atoms with E-state index < -0.39 is 11.9 Å². The fraction of sp³-hybridized carbons (Fsp3) is 0.286. The van der Waals surface area contributed by atoms with E-state index in [-0.39, 0.29) is 5.11 Å². The Kier molecular flexibility index (Phi) is 7.21. The van der Waals surface area contributed by atoms with Crippen LogP contribution in [0.1, 0.15) is 16.1 Å². The number of likely N-dealkylation sites (N-methyl/N-ethyl adjacent to an activating group) is 1. The van der Waals surface area contributed by atoms with Crippen molar-refractivity contribution in [1.29, 1.82) is 0 Å². The fourth-order valence-electron chi connectivity index (χ4n) is 3.06. The van der Waals surface area contributed by atoms with Gasteiger partial charge in [-0.2, -0.15) is 0 Å². The number of anilines is 2. The molecule has 1 aromatic heterocycles. The fourth-order valence-corrected chi connectivity index (χ4v) is 3.27. The number of hydrogen-bond donors (Lipinski definition) is 2. The molecule has 3 rings (SSSR count). The molecule has 30 heavy (non-hydrogen) atoms. The lowest BCUT2D eigenvalue weighted by molar-refractivity contribution is -0.115. The molecule has 0 unspecified atom stereocenters. The first-order valence-corrected chi connectivity index (χ1v) is 9.86. The molecule has 0 saturated carbocycles. The molecule has 0 aliphatic carbocycles. The summed E-state index contributed by atoms with van der Waals surface area (Å²) in [4.78, 5) is 28.6. The van der Waals surface area contributed by atoms with Crippen molar-refractivity contribution in [1.82, 2.24) is 10.2 Å². The minimum absolute atomic E-state index is 0.126. The maximum atomic E-state index is 12.1. The maximum absolute atomic E-state index is 12.1. The normalized spacial score (nSPS) is 14.5. The van der Waals surface area contributed by atoms with Crippen molar-refractivity contribution in [3.63, 3.8) is 0 Å². The van der Waals surface area contributed by atoms with Crippen LogP contribution in [0.2, 0.25) is 0 Å². The SMILES string of the molecule is COC(=O)c1ccc(N2CCN(C)CC2)c(NC(=S)NC(=O)/C=C/c2ccco2)c1. The highest BCUT2D eigenvalue weighted by atomic mass is 32.1. The molecule has 2 heterocycles. The van der Waals surface area contributed by atoms with Crippen molar-refractivity contribution >= 4 is 46.7 Å². The van der Waals surface area contributed by atoms with Gasteiger partial charge in [-0.1, -0.05) is 0 Å². The number of piperazine rings is 1. The van der Waals surface area contributed by atoms with Crippen LogP contribution in [0.25, 0.3) is 6.08 Å². The van der Waals surface area contributed by atoms with Gasteiger partial charge in [0.25, 0.3) is 0 Å². The summed E-state index contributed by atoms with van der Waals surface area (Å²) in [6.45, 7) is 3.54. The average molecular weight is 429 g/mol. The summed E-state index contributed by atoms with van der Waals surface area (Å²) in [6, 6.07) is 8.73. The third-order valence-electron chi connectivity index (χ3n) is 4.69. The van der Waals surface area contributed by atoms with E-state index in [1.165, 1.54) is 19.4 Å². The summed E-state index contributed by atoms with van der Waals surface area (Å²) in [6.07, 6.45) is 4.41. The van der Waals surface area contributed by atoms with Crippen molar-refractivity contribution in [3.05, 3.63) is 54.0 Å². The minimum atomic E-state index is -0.445. The maximum Gasteiger partial charge on any atom is 0.337 e. The van der Waals surface area contributed by atoms with Crippen molar-refractivity contribution in [2.75, 3.05) is 50.6 Å². The average Bonchev–Trinajstić information content (AvgIpc) is 3.26. The summed E-state index contributed by atoms with van der Waals surface area (Å²) in [5, 5.41) is 5.77. The van der Waals surface area contributed by atoms with Gasteiger partial charge >= 0.3 is 5.97 Å². The van der Waals surface area contributed by atoms with Crippen LogP contribution < -0.4 is 15.5 Å². The molecule has 1 fully saturated rings. The van der Waals surface area contributed by atoms with Crippen LogP contribution in [0.15, 0.2) is 47.1 Å². The van der Waals surface area contributed by atoms with Crippen LogP contribution in [0.4, 0.5) is 11.4 Å². The minimum Gasteiger partial charge on any atom is -0.465 e. The Bertz CT molecular complexity index is 934. The van der Waals surface area contributed by atoms with E-state index in [0.717, 1.165) is 31.9 Å². The molecule has 0 atom stereocenters. The molecule has 2 aromatic rings. The third kappa shape index (κ3) is 5.68. The van der Waals surface area contributed by atoms with Gasteiger partial charge in [-0.25, -0.2) is 4.79 Å². The Labute approximate surface area is 180 Å². The Morgan fingerprint density at radius 3 is 2.63 bits per heavy atom. The van der Waals surface area contributed by atoms with Gasteiger partial charge in [0.15, 0.2) is 5.11 Å². The van der Waals surface area contributed by atoms with E-state index in [4.69, 9.17) is 21.4 Å². The topological polar surface area (TPSA) is 87.0 Å². The van der Waals surface area contributed by atoms with Gasteiger partial charge in [-0.3, -0.25) is 10.1 Å². The number of carbonyl (C=O) groups excluding carboxylic acids is 2. The number of carbonyl (C=O) groups is 2. The van der Waals surface area contributed by atoms with Gasteiger partial charge in [0.05, 0.1) is 30.3 Å². The predicted molar refractivity (Wildman–Crippen MR) is 120 cm³/mol. The molecule has 0 radical (unpaired) electrons. The number of benzene rings is 1. The summed E-state index contributed by atoms with van der Waals surface area (Å²) in [7, 11) is 3.41. The van der Waals surface area contributed by atoms with E-state index in [0.29, 0.717) is 17.0 Å². The van der Waals surface area contributed by atoms with E-state index in [1.807, 2.05) is 6.07 Å². The highest BCUT2D eigenvalue weighted by Crippen LogP contribution is 2.28. The molecule has 1 aromatic carbocycles. The second-order valence-electron chi connectivity index (χ2n) is 6.81. The van der Waals surface area contributed by atoms with Crippen LogP contribution >= 0.6 is 12.2 Å². The number of ether oxygens (including phenoxy) is 1. The first kappa shape index (κ1) is 21.5. The number of methoxy groups -OCH3 is 1. The Hall–Kier alpha value is -3.17. The Morgan fingerprint density at radius 2 is 1.97 bits per heavy atom. The number of amides is 1. The van der Waals surface area contributed by atoms with E-state index >= 15 is 0 Å². The van der Waals surface area contributed by atoms with E-state index in [9.17, 15) is 9.59 Å². The molecule has 2 N–H and O–H groups in total. The zero-order valence-electron chi connectivity index (χ0n) is 16.9. The lowest BCUT2D eigenvalue weighted by Crippen LogP contribution is -2.45. The summed E-state index contributed by atoms with van der Waals surface area (Å²) < 4.78 is 9.97. The van der Waals surface area contributed by atoms with Gasteiger partial charge in [-0.05, 0) is 55.7 Å². The van der Waals surface area contributed by atoms with Crippen LogP contribution in [-0.2, 0) is 9.53 Å². The van der Waals surface area contributed by atoms with Gasteiger partial charge < -0.3 is 24.3 Å². The second-order valence-corrected chi connectivity index (χ2v) is 7.21. The van der Waals surface area contributed by atoms with Crippen LogP contribution in [0, 0.1) is 0 Å². The van der Waals surface area contributed by atoms with Crippen LogP contribution in [0.3, 0.4) is 0 Å². The number of thiocarbonyl (C=S) groups is 1. The molecular formula is C21H24N4O4S. The molecule has 0 spiro atoms. The molecule has 1 aliphatic rings. The van der Waals surface area contributed by atoms with E-state index in [2.05, 4.69) is 27.5 Å². The number of hydrogen-bond acceptors (Lipinski definition) is 7. The molecule has 1 saturated heterocycles. The molecule has 1 amide bonds. The second kappa shape index (κ2) is 10.0. The predicted octanol–water partition coefficient (Wildman–Crippen LogP) is 2.34. The Balaban J connectivity index is 1.73. The molecule has 9 heteroatoms. The first-order chi connectivity index (χ1) is 14.5. The van der Waals surface area contributed by atoms with Gasteiger partial charge in [0, 0.05) is 32.3 Å². The molecule has 8 nitrogen and oxygen atoms in total. The lowest BCUT2D eigenvalue weighted by Gasteiger charge is -2.35. The Morgan fingerprint density at radius 1 is 1.20 bits per heavy atom. The number of rotatable bonds is 5. The summed E-state index contributed by atoms with van der Waals surface area (Å²) in [5.74, 6) is -0.277. The lowest BCUT2D eigenvalue weighted by atomic mass is 10.1. The highest BCUT2D eigenvalue weighted by Gasteiger charge is 2.19. The van der Waals surface area contributed by atoms with Gasteiger partial charge in [0.1, 0.15) is 5.76 Å². The third-order valence-corrected chi connectivity index (χ3v) is 4.89. The molecule has 158 valence electrons. The number of nitrogens with one attached hydrogen (secondary N) is 2. The van der Waals surface area contributed by atoms with Gasteiger partial charge in [-0.15, -0.1) is 0 Å². The highest BCUT2D eigenvalue weighted by molar-refractivity contribution is 7.80. The number of furan rings is 1. The van der Waals surface area contributed by atoms with Crippen molar-refractivity contribution in [2.24, 2.45) is 0 Å². The van der Waals surface area contributed by atoms with Crippen LogP contribution in [-0.4, -0.2) is 62.2 Å². The number of esters is 1. The van der Waals surface area contributed by atoms with Crippen molar-refractivity contribution < 1.29 is 18.7 Å². The standard InChI is InChI=1S/C21H24N4O4S/c1-24-9-11-25(12-10-24)18-7-5-15(20(27)28-2)14-17(18)22-21(30)23-19(26)8-6-16-4-3-13-29-16/h3-8,13-14H,9-12H2,1-2H3,(H2,22,23,26,30)/b8-6+. The molecule has 0 bridgehead atoms. The first-order valence-electron chi connectivity index (χ1n) is 9.45. The van der Waals surface area contributed by atoms with Crippen molar-refractivity contribution in [3.8, 4) is 0 Å². The zero-order chi connectivity index (χ0) is 21.5. The zero-order valence-corrected chi connectivity index (χ0v) is 17.7. The molecule has 1 aliphatic heterocycles. The van der Waals surface area contributed by atoms with Gasteiger partial charge in [0.2, 0.25) is 5.91 Å². The summed E-state index contributed by atoms with van der Waals surface area (Å²) in [5.41, 5.74) is 1.92. The smallest absolute Gasteiger partial charge is 0.337 e. The van der Waals surface area contributed by atoms with Crippen LogP contribution in [0.5, 0.6) is 0 Å². The summed E-state index contributed by atoms with van der Waals surface area (Å²) >= 11 is 5.30. The molecular weight excluding hydrogens is 404 g/mol. The largest absolute Gasteiger partial charge is 0.465 e. The van der Waals surface area contributed by atoms with E-state index in [1.54, 1.807) is 30.3 Å². The number of nitrogens with zero attached hydrogens (tertiary/aromatic N) is 2. The monoisotopic (exact) mass is 428 g/mol. The quantitative estimate of drug-likeness (QED) is 0.426. The van der Waals surface area contributed by atoms with Crippen molar-refractivity contribution in [2.45, 2.75) is 0 Å².